The molecule has 21 heavy (non-hydrogen) atoms. The molecule has 7 heteroatoms. The average Bonchev–Trinajstić information content (AvgIpc) is 2.95. The Balaban J connectivity index is 2.08. The molecule has 1 aromatic heterocycles. The highest BCUT2D eigenvalue weighted by Crippen LogP contribution is 2.25. The molecule has 0 radical (unpaired) electrons. The Morgan fingerprint density at radius 1 is 1.10 bits per heavy atom. The van der Waals surface area contributed by atoms with Crippen LogP contribution < -0.4 is 0 Å². The van der Waals surface area contributed by atoms with Gasteiger partial charge in [-0.3, -0.25) is 0 Å². The van der Waals surface area contributed by atoms with Crippen LogP contribution in [0.3, 0.4) is 0 Å². The first-order valence-electron chi connectivity index (χ1n) is 5.97. The second-order valence-electron chi connectivity index (χ2n) is 4.28. The molecule has 0 spiro atoms. The molecule has 0 saturated heterocycles. The number of hydrogen-bond donors (Lipinski definition) is 1. The van der Waals surface area contributed by atoms with Crippen LogP contribution in [-0.2, 0) is 9.84 Å². The van der Waals surface area contributed by atoms with Crippen molar-refractivity contribution in [3.8, 4) is 0 Å². The van der Waals surface area contributed by atoms with Crippen molar-refractivity contribution < 1.29 is 8.42 Å². The number of hydrogen-bond acceptors (Lipinski definition) is 5. The molecule has 0 bridgehead atoms. The van der Waals surface area contributed by atoms with Gasteiger partial charge in [0.25, 0.3) is 0 Å². The Morgan fingerprint density at radius 3 is 2.52 bits per heavy atom. The highest BCUT2D eigenvalue weighted by Gasteiger charge is 2.18. The van der Waals surface area contributed by atoms with Crippen molar-refractivity contribution in [3.05, 3.63) is 48.8 Å². The van der Waals surface area contributed by atoms with Crippen LogP contribution in [0.5, 0.6) is 0 Å². The van der Waals surface area contributed by atoms with Gasteiger partial charge in [-0.1, -0.05) is 0 Å². The number of aromatic nitrogens is 2. The van der Waals surface area contributed by atoms with Gasteiger partial charge in [0.05, 0.1) is 38.0 Å². The second-order valence-corrected chi connectivity index (χ2v) is 6.41. The van der Waals surface area contributed by atoms with E-state index in [4.69, 9.17) is 0 Å². The maximum absolute atomic E-state index is 12.6. The third-order valence-corrected chi connectivity index (χ3v) is 4.88. The molecule has 0 fully saturated rings. The van der Waals surface area contributed by atoms with Crippen molar-refractivity contribution in [1.82, 2.24) is 9.97 Å². The molecule has 0 aliphatic carbocycles. The van der Waals surface area contributed by atoms with Gasteiger partial charge in [0.15, 0.2) is 0 Å². The first-order valence-corrected chi connectivity index (χ1v) is 7.86. The van der Waals surface area contributed by atoms with Crippen molar-refractivity contribution in [2.45, 2.75) is 9.79 Å². The summed E-state index contributed by atoms with van der Waals surface area (Å²) in [7, 11) is -3.58. The first-order chi connectivity index (χ1) is 10.1. The summed E-state index contributed by atoms with van der Waals surface area (Å²) in [4.78, 5) is 11.2. The number of aliphatic imine (C=N–C) groups is 1. The zero-order valence-corrected chi connectivity index (χ0v) is 12.3. The summed E-state index contributed by atoms with van der Waals surface area (Å²) in [5, 5.41) is 2.24. The molecule has 0 aliphatic rings. The van der Waals surface area contributed by atoms with Gasteiger partial charge in [-0.05, 0) is 54.7 Å². The number of nitrogens with one attached hydrogen (secondary N) is 1. The minimum Gasteiger partial charge on any atom is -0.345 e. The highest BCUT2D eigenvalue weighted by molar-refractivity contribution is 7.91. The van der Waals surface area contributed by atoms with E-state index < -0.39 is 9.84 Å². The monoisotopic (exact) mass is 315 g/mol. The van der Waals surface area contributed by atoms with E-state index >= 15 is 0 Å². The topological polar surface area (TPSA) is 75.2 Å². The fraction of sp³-hybridized carbons (Fsp3) is 0. The highest BCUT2D eigenvalue weighted by atomic mass is 32.2. The second kappa shape index (κ2) is 5.21. The number of thiocarbonyl (C=S) groups is 1. The van der Waals surface area contributed by atoms with Crippen LogP contribution >= 0.6 is 12.2 Å². The fourth-order valence-corrected chi connectivity index (χ4v) is 3.36. The summed E-state index contributed by atoms with van der Waals surface area (Å²) in [6, 6.07) is 10.9. The van der Waals surface area contributed by atoms with Crippen LogP contribution in [0.15, 0.2) is 63.6 Å². The molecular weight excluding hydrogens is 306 g/mol. The van der Waals surface area contributed by atoms with Gasteiger partial charge in [0.1, 0.15) is 0 Å². The number of imidazole rings is 1. The lowest BCUT2D eigenvalue weighted by molar-refractivity contribution is 0.596. The number of rotatable bonds is 3. The molecular formula is C14H9N3O2S2. The van der Waals surface area contributed by atoms with Crippen molar-refractivity contribution in [1.29, 1.82) is 0 Å². The molecule has 0 saturated carbocycles. The molecule has 5 nitrogen and oxygen atoms in total. The standard InChI is InChI=1S/C14H9N3O2S2/c18-21(19,11-3-1-10(2-4-11)17-9-20)12-5-6-13-14(7-12)16-8-15-13/h1-8H,(H,15,16). The lowest BCUT2D eigenvalue weighted by Crippen LogP contribution is -2.01. The number of sulfone groups is 1. The Labute approximate surface area is 126 Å². The van der Waals surface area contributed by atoms with Crippen molar-refractivity contribution in [2.75, 3.05) is 0 Å². The van der Waals surface area contributed by atoms with E-state index in [1.165, 1.54) is 18.5 Å². The van der Waals surface area contributed by atoms with E-state index in [0.717, 1.165) is 5.52 Å². The van der Waals surface area contributed by atoms with E-state index in [0.29, 0.717) is 11.2 Å². The Kier molecular flexibility index (Phi) is 3.39. The third kappa shape index (κ3) is 2.50. The maximum atomic E-state index is 12.6. The first kappa shape index (κ1) is 13.6. The lowest BCUT2D eigenvalue weighted by Gasteiger charge is -2.04. The van der Waals surface area contributed by atoms with Crippen molar-refractivity contribution in [2.24, 2.45) is 4.99 Å². The summed E-state index contributed by atoms with van der Waals surface area (Å²) >= 11 is 4.51. The number of aromatic amines is 1. The van der Waals surface area contributed by atoms with E-state index in [1.54, 1.807) is 30.3 Å². The number of isothiocyanates is 1. The predicted molar refractivity (Wildman–Crippen MR) is 82.7 cm³/mol. The zero-order chi connectivity index (χ0) is 14.9. The number of H-pyrrole nitrogens is 1. The Bertz CT molecular complexity index is 953. The Hall–Kier alpha value is -2.34. The van der Waals surface area contributed by atoms with E-state index in [-0.39, 0.29) is 9.79 Å². The average molecular weight is 315 g/mol. The molecule has 3 rings (SSSR count). The maximum Gasteiger partial charge on any atom is 0.206 e. The molecule has 1 N–H and O–H groups in total. The van der Waals surface area contributed by atoms with Crippen LogP contribution in [0.4, 0.5) is 5.69 Å². The van der Waals surface area contributed by atoms with E-state index in [1.807, 2.05) is 0 Å². The minimum atomic E-state index is -3.58. The molecule has 0 atom stereocenters. The fourth-order valence-electron chi connectivity index (χ4n) is 1.97. The van der Waals surface area contributed by atoms with Gasteiger partial charge in [-0.25, -0.2) is 13.4 Å². The predicted octanol–water partition coefficient (Wildman–Crippen LogP) is 3.13. The van der Waals surface area contributed by atoms with Gasteiger partial charge >= 0.3 is 0 Å². The smallest absolute Gasteiger partial charge is 0.206 e. The van der Waals surface area contributed by atoms with Crippen LogP contribution in [0.2, 0.25) is 0 Å². The van der Waals surface area contributed by atoms with Crippen LogP contribution in [0.25, 0.3) is 11.0 Å². The number of benzene rings is 2. The summed E-state index contributed by atoms with van der Waals surface area (Å²) < 4.78 is 25.1. The Morgan fingerprint density at radius 2 is 1.81 bits per heavy atom. The van der Waals surface area contributed by atoms with Crippen molar-refractivity contribution >= 4 is 43.9 Å². The molecule has 0 aliphatic heterocycles. The lowest BCUT2D eigenvalue weighted by atomic mass is 10.3. The van der Waals surface area contributed by atoms with E-state index in [9.17, 15) is 8.42 Å². The molecule has 1 heterocycles. The molecule has 2 aromatic carbocycles. The van der Waals surface area contributed by atoms with Gasteiger partial charge in [0.2, 0.25) is 9.84 Å². The summed E-state index contributed by atoms with van der Waals surface area (Å²) in [5.41, 5.74) is 1.96. The number of fused-ring (bicyclic) bond motifs is 1. The van der Waals surface area contributed by atoms with Gasteiger partial charge in [0, 0.05) is 0 Å². The minimum absolute atomic E-state index is 0.199. The van der Waals surface area contributed by atoms with E-state index in [2.05, 4.69) is 32.3 Å². The summed E-state index contributed by atoms with van der Waals surface area (Å²) in [6.07, 6.45) is 1.53. The van der Waals surface area contributed by atoms with Crippen LogP contribution in [-0.4, -0.2) is 23.5 Å². The van der Waals surface area contributed by atoms with Crippen LogP contribution in [0, 0.1) is 0 Å². The van der Waals surface area contributed by atoms with Crippen molar-refractivity contribution in [3.63, 3.8) is 0 Å². The van der Waals surface area contributed by atoms with Crippen LogP contribution in [0.1, 0.15) is 0 Å². The molecule has 3 aromatic rings. The number of nitrogens with zero attached hydrogens (tertiary/aromatic N) is 2. The largest absolute Gasteiger partial charge is 0.345 e. The van der Waals surface area contributed by atoms with Gasteiger partial charge in [-0.15, -0.1) is 0 Å². The zero-order valence-electron chi connectivity index (χ0n) is 10.6. The normalized spacial score (nSPS) is 11.2. The molecule has 104 valence electrons. The van der Waals surface area contributed by atoms with Gasteiger partial charge in [-0.2, -0.15) is 4.99 Å². The SMILES string of the molecule is O=S(=O)(c1ccc(N=C=S)cc1)c1ccc2nc[nH]c2c1. The summed E-state index contributed by atoms with van der Waals surface area (Å²) in [6.45, 7) is 0. The molecule has 0 amide bonds. The van der Waals surface area contributed by atoms with Gasteiger partial charge < -0.3 is 4.98 Å². The summed E-state index contributed by atoms with van der Waals surface area (Å²) in [5.74, 6) is 0. The quantitative estimate of drug-likeness (QED) is 0.595. The third-order valence-electron chi connectivity index (χ3n) is 3.02. The molecule has 0 unspecified atom stereocenters.